The van der Waals surface area contributed by atoms with Gasteiger partial charge in [-0.05, 0) is 24.6 Å². The Hall–Kier alpha value is -2.01. The first-order valence-electron chi connectivity index (χ1n) is 6.00. The number of methoxy groups -OCH3 is 2. The van der Waals surface area contributed by atoms with E-state index in [9.17, 15) is 4.79 Å². The lowest BCUT2D eigenvalue weighted by molar-refractivity contribution is -0.116. The number of aliphatic hydroxyl groups is 1. The molecule has 0 saturated carbocycles. The minimum Gasteiger partial charge on any atom is -0.497 e. The van der Waals surface area contributed by atoms with E-state index in [1.807, 2.05) is 6.07 Å². The lowest BCUT2D eigenvalue weighted by Crippen LogP contribution is -2.22. The van der Waals surface area contributed by atoms with E-state index >= 15 is 0 Å². The Morgan fingerprint density at radius 1 is 1.37 bits per heavy atom. The second kappa shape index (κ2) is 8.16. The van der Waals surface area contributed by atoms with Crippen LogP contribution in [-0.4, -0.2) is 38.4 Å². The summed E-state index contributed by atoms with van der Waals surface area (Å²) in [6.07, 6.45) is 3.65. The average Bonchev–Trinajstić information content (AvgIpc) is 2.45. The van der Waals surface area contributed by atoms with Gasteiger partial charge in [-0.15, -0.1) is 0 Å². The predicted octanol–water partition coefficient (Wildman–Crippen LogP) is 1.22. The molecule has 0 heterocycles. The number of benzene rings is 1. The van der Waals surface area contributed by atoms with Crippen molar-refractivity contribution in [3.8, 4) is 11.5 Å². The van der Waals surface area contributed by atoms with E-state index in [-0.39, 0.29) is 12.5 Å². The van der Waals surface area contributed by atoms with Crippen LogP contribution in [0.3, 0.4) is 0 Å². The zero-order valence-corrected chi connectivity index (χ0v) is 11.2. The molecule has 1 rings (SSSR count). The van der Waals surface area contributed by atoms with Gasteiger partial charge in [0.2, 0.25) is 5.91 Å². The van der Waals surface area contributed by atoms with Crippen LogP contribution in [0.25, 0.3) is 6.08 Å². The van der Waals surface area contributed by atoms with Gasteiger partial charge in [0.05, 0.1) is 14.2 Å². The van der Waals surface area contributed by atoms with Gasteiger partial charge >= 0.3 is 0 Å². The third-order valence-corrected chi connectivity index (χ3v) is 2.49. The van der Waals surface area contributed by atoms with Crippen molar-refractivity contribution in [2.75, 3.05) is 27.4 Å². The predicted molar refractivity (Wildman–Crippen MR) is 73.3 cm³/mol. The van der Waals surface area contributed by atoms with Gasteiger partial charge in [0.25, 0.3) is 0 Å². The van der Waals surface area contributed by atoms with Crippen LogP contribution in [0.1, 0.15) is 12.0 Å². The summed E-state index contributed by atoms with van der Waals surface area (Å²) in [5.74, 6) is 1.13. The smallest absolute Gasteiger partial charge is 0.244 e. The van der Waals surface area contributed by atoms with Gasteiger partial charge in [0.1, 0.15) is 11.5 Å². The van der Waals surface area contributed by atoms with E-state index < -0.39 is 0 Å². The normalized spacial score (nSPS) is 10.5. The van der Waals surface area contributed by atoms with Crippen molar-refractivity contribution in [2.24, 2.45) is 0 Å². The minimum absolute atomic E-state index is 0.0658. The fourth-order valence-electron chi connectivity index (χ4n) is 1.47. The Morgan fingerprint density at radius 3 is 2.79 bits per heavy atom. The summed E-state index contributed by atoms with van der Waals surface area (Å²) in [4.78, 5) is 11.5. The Balaban J connectivity index is 2.67. The van der Waals surface area contributed by atoms with Crippen LogP contribution in [0, 0.1) is 0 Å². The summed E-state index contributed by atoms with van der Waals surface area (Å²) in [5, 5.41) is 11.3. The second-order valence-electron chi connectivity index (χ2n) is 3.81. The molecule has 0 unspecified atom stereocenters. The van der Waals surface area contributed by atoms with Gasteiger partial charge in [0, 0.05) is 30.9 Å². The maximum absolute atomic E-state index is 11.5. The molecule has 0 saturated heterocycles. The minimum atomic E-state index is -0.202. The van der Waals surface area contributed by atoms with E-state index in [0.29, 0.717) is 24.5 Å². The van der Waals surface area contributed by atoms with E-state index in [0.717, 1.165) is 5.56 Å². The molecule has 0 spiro atoms. The Kier molecular flexibility index (Phi) is 6.46. The number of carbonyl (C=O) groups is 1. The molecule has 0 aliphatic carbocycles. The molecule has 19 heavy (non-hydrogen) atoms. The fourth-order valence-corrected chi connectivity index (χ4v) is 1.47. The molecule has 0 atom stereocenters. The summed E-state index contributed by atoms with van der Waals surface area (Å²) in [6.45, 7) is 0.524. The van der Waals surface area contributed by atoms with Gasteiger partial charge < -0.3 is 19.9 Å². The molecule has 0 fully saturated rings. The molecule has 0 aliphatic rings. The molecule has 5 nitrogen and oxygen atoms in total. The van der Waals surface area contributed by atoms with Crippen molar-refractivity contribution in [1.82, 2.24) is 5.32 Å². The summed E-state index contributed by atoms with van der Waals surface area (Å²) in [6, 6.07) is 5.37. The van der Waals surface area contributed by atoms with Gasteiger partial charge in [-0.25, -0.2) is 0 Å². The Bertz CT molecular complexity index is 443. The number of hydrogen-bond acceptors (Lipinski definition) is 4. The van der Waals surface area contributed by atoms with Gasteiger partial charge in [0.15, 0.2) is 0 Å². The van der Waals surface area contributed by atoms with Gasteiger partial charge in [-0.2, -0.15) is 0 Å². The maximum atomic E-state index is 11.5. The van der Waals surface area contributed by atoms with Gasteiger partial charge in [-0.1, -0.05) is 0 Å². The van der Waals surface area contributed by atoms with Crippen molar-refractivity contribution in [2.45, 2.75) is 6.42 Å². The molecule has 1 aromatic rings. The molecule has 5 heteroatoms. The summed E-state index contributed by atoms with van der Waals surface area (Å²) in [7, 11) is 3.15. The van der Waals surface area contributed by atoms with E-state index in [4.69, 9.17) is 14.6 Å². The highest BCUT2D eigenvalue weighted by Gasteiger charge is 2.02. The molecule has 1 amide bonds. The van der Waals surface area contributed by atoms with Crippen LogP contribution in [0.2, 0.25) is 0 Å². The standard InChI is InChI=1S/C14H19NO4/c1-18-12-6-4-11(13(10-12)19-2)5-7-14(17)15-8-3-9-16/h4-7,10,16H,3,8-9H2,1-2H3,(H,15,17)/b7-5+. The number of rotatable bonds is 7. The average molecular weight is 265 g/mol. The summed E-state index contributed by atoms with van der Waals surface area (Å²) < 4.78 is 10.3. The van der Waals surface area contributed by atoms with E-state index in [1.54, 1.807) is 32.4 Å². The van der Waals surface area contributed by atoms with Crippen molar-refractivity contribution >= 4 is 12.0 Å². The summed E-state index contributed by atoms with van der Waals surface area (Å²) in [5.41, 5.74) is 0.792. The topological polar surface area (TPSA) is 67.8 Å². The SMILES string of the molecule is COc1ccc(/C=C/C(=O)NCCCO)c(OC)c1. The quantitative estimate of drug-likeness (QED) is 0.574. The highest BCUT2D eigenvalue weighted by molar-refractivity contribution is 5.92. The number of carbonyl (C=O) groups excluding carboxylic acids is 1. The zero-order chi connectivity index (χ0) is 14.1. The third-order valence-electron chi connectivity index (χ3n) is 2.49. The van der Waals surface area contributed by atoms with Crippen LogP contribution in [0.15, 0.2) is 24.3 Å². The first-order chi connectivity index (χ1) is 9.21. The molecule has 2 N–H and O–H groups in total. The maximum Gasteiger partial charge on any atom is 0.244 e. The van der Waals surface area contributed by atoms with Crippen molar-refractivity contribution in [3.63, 3.8) is 0 Å². The zero-order valence-electron chi connectivity index (χ0n) is 11.2. The third kappa shape index (κ3) is 5.01. The second-order valence-corrected chi connectivity index (χ2v) is 3.81. The molecule has 0 aliphatic heterocycles. The molecule has 0 aromatic heterocycles. The first-order valence-corrected chi connectivity index (χ1v) is 6.00. The summed E-state index contributed by atoms with van der Waals surface area (Å²) >= 11 is 0. The van der Waals surface area contributed by atoms with E-state index in [1.165, 1.54) is 6.08 Å². The molecular formula is C14H19NO4. The molecular weight excluding hydrogens is 246 g/mol. The number of hydrogen-bond donors (Lipinski definition) is 2. The monoisotopic (exact) mass is 265 g/mol. The van der Waals surface area contributed by atoms with Gasteiger partial charge in [-0.3, -0.25) is 4.79 Å². The molecule has 0 radical (unpaired) electrons. The first kappa shape index (κ1) is 15.0. The van der Waals surface area contributed by atoms with Crippen LogP contribution >= 0.6 is 0 Å². The lowest BCUT2D eigenvalue weighted by Gasteiger charge is -2.07. The van der Waals surface area contributed by atoms with Crippen molar-refractivity contribution in [3.05, 3.63) is 29.8 Å². The number of nitrogens with one attached hydrogen (secondary N) is 1. The van der Waals surface area contributed by atoms with Crippen molar-refractivity contribution in [1.29, 1.82) is 0 Å². The van der Waals surface area contributed by atoms with Crippen LogP contribution in [0.5, 0.6) is 11.5 Å². The number of ether oxygens (including phenoxy) is 2. The highest BCUT2D eigenvalue weighted by atomic mass is 16.5. The lowest BCUT2D eigenvalue weighted by atomic mass is 10.1. The van der Waals surface area contributed by atoms with Crippen LogP contribution < -0.4 is 14.8 Å². The molecule has 104 valence electrons. The highest BCUT2D eigenvalue weighted by Crippen LogP contribution is 2.25. The largest absolute Gasteiger partial charge is 0.497 e. The fraction of sp³-hybridized carbons (Fsp3) is 0.357. The molecule has 0 bridgehead atoms. The van der Waals surface area contributed by atoms with Crippen molar-refractivity contribution < 1.29 is 19.4 Å². The van der Waals surface area contributed by atoms with E-state index in [2.05, 4.69) is 5.32 Å². The Morgan fingerprint density at radius 2 is 2.16 bits per heavy atom. The number of amides is 1. The molecule has 1 aromatic carbocycles. The Labute approximate surface area is 112 Å². The number of aliphatic hydroxyl groups excluding tert-OH is 1. The van der Waals surface area contributed by atoms with Crippen LogP contribution in [-0.2, 0) is 4.79 Å². The van der Waals surface area contributed by atoms with Crippen LogP contribution in [0.4, 0.5) is 0 Å².